The number of nitriles is 1. The molecule has 6 nitrogen and oxygen atoms in total. The van der Waals surface area contributed by atoms with Crippen LogP contribution in [0.4, 0.5) is 9.39 Å². The van der Waals surface area contributed by atoms with E-state index in [0.717, 1.165) is 11.3 Å². The summed E-state index contributed by atoms with van der Waals surface area (Å²) in [6.45, 7) is 0.186. The summed E-state index contributed by atoms with van der Waals surface area (Å²) in [7, 11) is 1.72. The lowest BCUT2D eigenvalue weighted by Crippen LogP contribution is -2.17. The number of amides is 2. The van der Waals surface area contributed by atoms with Gasteiger partial charge >= 0.3 is 0 Å². The smallest absolute Gasteiger partial charge is 0.259 e. The molecule has 2 amide bonds. The van der Waals surface area contributed by atoms with Gasteiger partial charge in [-0.15, -0.1) is 11.3 Å². The summed E-state index contributed by atoms with van der Waals surface area (Å²) in [5.41, 5.74) is 5.34. The fourth-order valence-electron chi connectivity index (χ4n) is 1.79. The van der Waals surface area contributed by atoms with Crippen LogP contribution >= 0.6 is 23.3 Å². The minimum absolute atomic E-state index is 0.128. The Kier molecular flexibility index (Phi) is 5.92. The van der Waals surface area contributed by atoms with Crippen LogP contribution in [-0.4, -0.2) is 29.7 Å². The van der Waals surface area contributed by atoms with Gasteiger partial charge in [0, 0.05) is 0 Å². The average molecular weight is 364 g/mol. The van der Waals surface area contributed by atoms with E-state index in [4.69, 9.17) is 11.0 Å². The molecule has 0 atom stereocenters. The molecule has 24 heavy (non-hydrogen) atoms. The van der Waals surface area contributed by atoms with Crippen molar-refractivity contribution in [1.82, 2.24) is 4.31 Å². The zero-order valence-corrected chi connectivity index (χ0v) is 14.2. The molecule has 0 aliphatic heterocycles. The molecule has 9 heteroatoms. The number of anilines is 1. The van der Waals surface area contributed by atoms with Crippen LogP contribution in [0.3, 0.4) is 0 Å². The number of nitrogens with zero attached hydrogens (tertiary/aromatic N) is 2. The minimum atomic E-state index is -0.704. The first-order valence-corrected chi connectivity index (χ1v) is 8.27. The van der Waals surface area contributed by atoms with Gasteiger partial charge in [-0.1, -0.05) is 12.1 Å². The molecule has 1 aromatic heterocycles. The maximum atomic E-state index is 13.7. The van der Waals surface area contributed by atoms with E-state index >= 15 is 0 Å². The molecular weight excluding hydrogens is 351 g/mol. The highest BCUT2D eigenvalue weighted by Crippen LogP contribution is 2.36. The minimum Gasteiger partial charge on any atom is -0.366 e. The Morgan fingerprint density at radius 3 is 2.75 bits per heavy atom. The second kappa shape index (κ2) is 7.92. The number of carbonyl (C=O) groups excluding carboxylic acids is 2. The van der Waals surface area contributed by atoms with Crippen molar-refractivity contribution in [3.63, 3.8) is 0 Å². The van der Waals surface area contributed by atoms with Crippen molar-refractivity contribution in [2.75, 3.05) is 18.9 Å². The van der Waals surface area contributed by atoms with Gasteiger partial charge in [-0.2, -0.15) is 5.26 Å². The van der Waals surface area contributed by atoms with Crippen LogP contribution in [0.15, 0.2) is 34.5 Å². The van der Waals surface area contributed by atoms with Gasteiger partial charge in [0.05, 0.1) is 28.0 Å². The van der Waals surface area contributed by atoms with Crippen LogP contribution in [0.25, 0.3) is 0 Å². The molecule has 2 aromatic rings. The molecule has 3 N–H and O–H groups in total. The lowest BCUT2D eigenvalue weighted by atomic mass is 10.2. The van der Waals surface area contributed by atoms with Crippen molar-refractivity contribution >= 4 is 40.1 Å². The molecule has 0 aliphatic carbocycles. The number of thiophene rings is 1. The van der Waals surface area contributed by atoms with Gasteiger partial charge in [0.25, 0.3) is 11.8 Å². The summed E-state index contributed by atoms with van der Waals surface area (Å²) >= 11 is 2.37. The Bertz CT molecular complexity index is 816. The molecular formula is C15H13FN4O2S2. The Morgan fingerprint density at radius 1 is 1.42 bits per heavy atom. The topological polar surface area (TPSA) is 99.2 Å². The van der Waals surface area contributed by atoms with E-state index < -0.39 is 17.6 Å². The number of carbonyl (C=O) groups is 2. The zero-order chi connectivity index (χ0) is 17.7. The Morgan fingerprint density at radius 2 is 2.12 bits per heavy atom. The van der Waals surface area contributed by atoms with Crippen LogP contribution in [0.5, 0.6) is 0 Å². The molecule has 0 bridgehead atoms. The van der Waals surface area contributed by atoms with Gasteiger partial charge in [-0.3, -0.25) is 9.59 Å². The number of primary amides is 1. The highest BCUT2D eigenvalue weighted by molar-refractivity contribution is 7.99. The molecule has 0 spiro atoms. The maximum Gasteiger partial charge on any atom is 0.259 e. The molecule has 0 fully saturated rings. The summed E-state index contributed by atoms with van der Waals surface area (Å²) < 4.78 is 16.0. The number of hydrogen-bond acceptors (Lipinski definition) is 6. The Hall–Kier alpha value is -2.41. The van der Waals surface area contributed by atoms with Crippen molar-refractivity contribution in [3.05, 3.63) is 47.3 Å². The van der Waals surface area contributed by atoms with Crippen LogP contribution in [-0.2, 0) is 0 Å². The van der Waals surface area contributed by atoms with Gasteiger partial charge in [-0.05, 0) is 37.2 Å². The highest BCUT2D eigenvalue weighted by Gasteiger charge is 2.19. The molecule has 124 valence electrons. The second-order valence-corrected chi connectivity index (χ2v) is 7.20. The maximum absolute atomic E-state index is 13.7. The highest BCUT2D eigenvalue weighted by atomic mass is 32.2. The monoisotopic (exact) mass is 364 g/mol. The summed E-state index contributed by atoms with van der Waals surface area (Å²) in [5.74, 6) is -2.03. The third kappa shape index (κ3) is 4.32. The number of rotatable bonds is 6. The van der Waals surface area contributed by atoms with Crippen molar-refractivity contribution in [2.45, 2.75) is 4.21 Å². The van der Waals surface area contributed by atoms with Gasteiger partial charge in [-0.25, -0.2) is 8.70 Å². The fraction of sp³-hybridized carbons (Fsp3) is 0.133. The SMILES string of the molecule is CN(CC#N)Sc1cc(C(N)=O)c(NC(=O)c2ccccc2F)s1. The van der Waals surface area contributed by atoms with Gasteiger partial charge < -0.3 is 11.1 Å². The number of hydrogen-bond donors (Lipinski definition) is 2. The van der Waals surface area contributed by atoms with Crippen LogP contribution in [0, 0.1) is 17.1 Å². The van der Waals surface area contributed by atoms with Gasteiger partial charge in [0.2, 0.25) is 0 Å². The molecule has 1 aromatic carbocycles. The van der Waals surface area contributed by atoms with Crippen molar-refractivity contribution < 1.29 is 14.0 Å². The molecule has 0 saturated heterocycles. The van der Waals surface area contributed by atoms with E-state index in [1.165, 1.54) is 36.2 Å². The predicted octanol–water partition coefficient (Wildman–Crippen LogP) is 2.70. The number of halogens is 1. The van der Waals surface area contributed by atoms with Crippen LogP contribution in [0.1, 0.15) is 20.7 Å². The van der Waals surface area contributed by atoms with E-state index in [9.17, 15) is 14.0 Å². The zero-order valence-electron chi connectivity index (χ0n) is 12.6. The van der Waals surface area contributed by atoms with E-state index in [1.807, 2.05) is 6.07 Å². The normalized spacial score (nSPS) is 10.4. The fourth-order valence-corrected chi connectivity index (χ4v) is 3.96. The lowest BCUT2D eigenvalue weighted by Gasteiger charge is -2.08. The first-order valence-electron chi connectivity index (χ1n) is 6.68. The molecule has 0 saturated carbocycles. The van der Waals surface area contributed by atoms with E-state index in [-0.39, 0.29) is 22.7 Å². The van der Waals surface area contributed by atoms with Gasteiger partial charge in [0.15, 0.2) is 0 Å². The van der Waals surface area contributed by atoms with Crippen LogP contribution < -0.4 is 11.1 Å². The Balaban J connectivity index is 2.24. The summed E-state index contributed by atoms with van der Waals surface area (Å²) in [5, 5.41) is 11.4. The van der Waals surface area contributed by atoms with Crippen molar-refractivity contribution in [2.24, 2.45) is 5.73 Å². The summed E-state index contributed by atoms with van der Waals surface area (Å²) in [6, 6.07) is 9.07. The molecule has 2 rings (SSSR count). The molecule has 0 unspecified atom stereocenters. The number of nitrogens with two attached hydrogens (primary N) is 1. The third-order valence-electron chi connectivity index (χ3n) is 2.86. The molecule has 0 aliphatic rings. The second-order valence-electron chi connectivity index (χ2n) is 4.64. The van der Waals surface area contributed by atoms with E-state index in [1.54, 1.807) is 17.4 Å². The first-order chi connectivity index (χ1) is 11.4. The average Bonchev–Trinajstić information content (AvgIpc) is 2.90. The first kappa shape index (κ1) is 17.9. The Labute approximate surface area is 146 Å². The quantitative estimate of drug-likeness (QED) is 0.606. The molecule has 0 radical (unpaired) electrons. The predicted molar refractivity (Wildman–Crippen MR) is 91.3 cm³/mol. The van der Waals surface area contributed by atoms with E-state index in [0.29, 0.717) is 4.21 Å². The number of nitrogens with one attached hydrogen (secondary N) is 1. The van der Waals surface area contributed by atoms with Gasteiger partial charge in [0.1, 0.15) is 10.8 Å². The molecule has 1 heterocycles. The standard InChI is InChI=1S/C15H13FN4O2S2/c1-20(7-6-17)24-12-8-10(13(18)21)15(23-12)19-14(22)9-4-2-3-5-11(9)16/h2-5,8H,7H2,1H3,(H2,18,21)(H,19,22). The third-order valence-corrected chi connectivity index (χ3v) is 4.92. The van der Waals surface area contributed by atoms with Crippen molar-refractivity contribution in [3.8, 4) is 6.07 Å². The number of benzene rings is 1. The van der Waals surface area contributed by atoms with E-state index in [2.05, 4.69) is 5.32 Å². The van der Waals surface area contributed by atoms with Crippen molar-refractivity contribution in [1.29, 1.82) is 5.26 Å². The van der Waals surface area contributed by atoms with Crippen LogP contribution in [0.2, 0.25) is 0 Å². The largest absolute Gasteiger partial charge is 0.366 e. The summed E-state index contributed by atoms with van der Waals surface area (Å²) in [6.07, 6.45) is 0. The summed E-state index contributed by atoms with van der Waals surface area (Å²) in [4.78, 5) is 23.7. The lowest BCUT2D eigenvalue weighted by molar-refractivity contribution is 0.100.